The minimum atomic E-state index is -1.02. The van der Waals surface area contributed by atoms with Gasteiger partial charge in [0.25, 0.3) is 0 Å². The number of Topliss-reactive ketones (excluding diaryl/α,β-unsaturated/α-hetero) is 2. The normalized spacial score (nSPS) is 11.5. The van der Waals surface area contributed by atoms with E-state index in [9.17, 15) is 19.2 Å². The monoisotopic (exact) mass is 347 g/mol. The summed E-state index contributed by atoms with van der Waals surface area (Å²) in [6.45, 7) is 9.39. The van der Waals surface area contributed by atoms with E-state index in [1.165, 1.54) is 13.8 Å². The number of ketones is 2. The van der Waals surface area contributed by atoms with Crippen LogP contribution in [0.3, 0.4) is 0 Å². The lowest BCUT2D eigenvalue weighted by molar-refractivity contribution is -0.147. The van der Waals surface area contributed by atoms with Gasteiger partial charge in [-0.3, -0.25) is 19.2 Å². The molecule has 0 amide bonds. The Labute approximate surface area is 148 Å². The van der Waals surface area contributed by atoms with Gasteiger partial charge in [0.15, 0.2) is 0 Å². The Morgan fingerprint density at radius 2 is 0.957 bits per heavy atom. The minimum absolute atomic E-state index is 0. The van der Waals surface area contributed by atoms with Crippen molar-refractivity contribution in [2.45, 2.75) is 60.5 Å². The van der Waals surface area contributed by atoms with Crippen molar-refractivity contribution >= 4 is 40.9 Å². The Kier molecular flexibility index (Phi) is 22.2. The molecule has 0 aromatic heterocycles. The van der Waals surface area contributed by atoms with Crippen LogP contribution in [-0.2, 0) is 19.2 Å². The molecule has 0 aliphatic heterocycles. The molecule has 0 fully saturated rings. The van der Waals surface area contributed by atoms with Gasteiger partial charge in [0.1, 0.15) is 23.4 Å². The Bertz CT molecular complexity index is 304. The van der Waals surface area contributed by atoms with Crippen LogP contribution >= 0.6 is 0 Å². The minimum Gasteiger partial charge on any atom is -0.481 e. The molecule has 0 saturated heterocycles. The maximum absolute atomic E-state index is 10.4. The number of carboxylic acids is 2. The molecule has 7 nitrogen and oxygen atoms in total. The molecule has 0 bridgehead atoms. The number of aliphatic hydroxyl groups is 1. The van der Waals surface area contributed by atoms with Gasteiger partial charge in [0.05, 0.1) is 0 Å². The fourth-order valence-electron chi connectivity index (χ4n) is 1.27. The summed E-state index contributed by atoms with van der Waals surface area (Å²) < 4.78 is 0. The number of aliphatic carboxylic acids is 2. The summed E-state index contributed by atoms with van der Waals surface area (Å²) in [7, 11) is 0. The standard InChI is InChI=1S/2C6H10O3.C3H8O.Al/c2*1-3-5(4(2)7)6(8)9;1-3(2)4;/h2*5H,3H2,1-2H3,(H,8,9);3-4H,1-2H3;. The van der Waals surface area contributed by atoms with Crippen LogP contribution in [-0.4, -0.2) is 62.3 Å². The van der Waals surface area contributed by atoms with E-state index in [1.54, 1.807) is 27.7 Å². The molecular weight excluding hydrogens is 319 g/mol. The Morgan fingerprint density at radius 1 is 0.783 bits per heavy atom. The summed E-state index contributed by atoms with van der Waals surface area (Å²) in [5.74, 6) is -4.19. The zero-order valence-corrected chi connectivity index (χ0v) is 15.9. The molecule has 0 aromatic rings. The van der Waals surface area contributed by atoms with Crippen molar-refractivity contribution in [1.29, 1.82) is 0 Å². The first kappa shape index (κ1) is 29.7. The van der Waals surface area contributed by atoms with E-state index in [0.717, 1.165) is 0 Å². The SMILES string of the molecule is CC(C)O.CCC(C(C)=O)C(=O)O.CCC(C(C)=O)C(=O)O.[Al]. The fraction of sp³-hybridized carbons (Fsp3) is 0.733. The molecule has 0 heterocycles. The van der Waals surface area contributed by atoms with Crippen LogP contribution in [0.5, 0.6) is 0 Å². The van der Waals surface area contributed by atoms with Crippen LogP contribution in [0.25, 0.3) is 0 Å². The molecule has 2 unspecified atom stereocenters. The highest BCUT2D eigenvalue weighted by atomic mass is 27.0. The maximum atomic E-state index is 10.4. The molecule has 8 heteroatoms. The Hall–Kier alpha value is -1.23. The van der Waals surface area contributed by atoms with Crippen LogP contribution in [0.2, 0.25) is 0 Å². The van der Waals surface area contributed by atoms with E-state index in [4.69, 9.17) is 15.3 Å². The molecular formula is C15H28AlO7. The van der Waals surface area contributed by atoms with Crippen molar-refractivity contribution in [1.82, 2.24) is 0 Å². The molecule has 0 aliphatic carbocycles. The van der Waals surface area contributed by atoms with E-state index in [1.807, 2.05) is 0 Å². The first-order chi connectivity index (χ1) is 9.91. The van der Waals surface area contributed by atoms with Crippen molar-refractivity contribution in [2.24, 2.45) is 11.8 Å². The van der Waals surface area contributed by atoms with Gasteiger partial charge in [-0.15, -0.1) is 0 Å². The van der Waals surface area contributed by atoms with E-state index in [-0.39, 0.29) is 35.0 Å². The molecule has 0 spiro atoms. The molecule has 0 aliphatic rings. The summed E-state index contributed by atoms with van der Waals surface area (Å²) in [6.07, 6.45) is 0.593. The topological polar surface area (TPSA) is 129 Å². The summed E-state index contributed by atoms with van der Waals surface area (Å²) in [5, 5.41) is 24.7. The van der Waals surface area contributed by atoms with Gasteiger partial charge in [-0.25, -0.2) is 0 Å². The molecule has 133 valence electrons. The number of carbonyl (C=O) groups is 4. The third-order valence-electron chi connectivity index (χ3n) is 2.39. The summed E-state index contributed by atoms with van der Waals surface area (Å²) >= 11 is 0. The van der Waals surface area contributed by atoms with Crippen LogP contribution in [0, 0.1) is 11.8 Å². The number of rotatable bonds is 6. The predicted octanol–water partition coefficient (Wildman–Crippen LogP) is 1.38. The van der Waals surface area contributed by atoms with Crippen molar-refractivity contribution in [2.75, 3.05) is 0 Å². The highest BCUT2D eigenvalue weighted by Crippen LogP contribution is 2.03. The van der Waals surface area contributed by atoms with Gasteiger partial charge in [0, 0.05) is 23.5 Å². The van der Waals surface area contributed by atoms with Crippen LogP contribution in [0.1, 0.15) is 54.4 Å². The fourth-order valence-corrected chi connectivity index (χ4v) is 1.27. The van der Waals surface area contributed by atoms with Gasteiger partial charge < -0.3 is 15.3 Å². The Morgan fingerprint density at radius 3 is 0.957 bits per heavy atom. The van der Waals surface area contributed by atoms with Crippen LogP contribution < -0.4 is 0 Å². The van der Waals surface area contributed by atoms with Crippen molar-refractivity contribution in [3.05, 3.63) is 0 Å². The number of carbonyl (C=O) groups excluding carboxylic acids is 2. The van der Waals surface area contributed by atoms with E-state index in [2.05, 4.69) is 0 Å². The maximum Gasteiger partial charge on any atom is 0.314 e. The molecule has 3 N–H and O–H groups in total. The van der Waals surface area contributed by atoms with Gasteiger partial charge in [-0.2, -0.15) is 0 Å². The zero-order valence-electron chi connectivity index (χ0n) is 14.7. The van der Waals surface area contributed by atoms with Crippen LogP contribution in [0.15, 0.2) is 0 Å². The van der Waals surface area contributed by atoms with Gasteiger partial charge in [0.2, 0.25) is 0 Å². The molecule has 23 heavy (non-hydrogen) atoms. The lowest BCUT2D eigenvalue weighted by Gasteiger charge is -2.01. The zero-order chi connectivity index (χ0) is 18.5. The summed E-state index contributed by atoms with van der Waals surface area (Å²) in [4.78, 5) is 41.2. The van der Waals surface area contributed by atoms with Crippen molar-refractivity contribution in [3.8, 4) is 0 Å². The lowest BCUT2D eigenvalue weighted by Crippen LogP contribution is -2.19. The number of hydrogen-bond acceptors (Lipinski definition) is 5. The third kappa shape index (κ3) is 20.8. The average molecular weight is 347 g/mol. The first-order valence-electron chi connectivity index (χ1n) is 7.06. The smallest absolute Gasteiger partial charge is 0.314 e. The van der Waals surface area contributed by atoms with E-state index < -0.39 is 23.8 Å². The third-order valence-corrected chi connectivity index (χ3v) is 2.39. The van der Waals surface area contributed by atoms with Crippen molar-refractivity contribution < 1.29 is 34.5 Å². The number of aliphatic hydroxyl groups excluding tert-OH is 1. The molecule has 0 saturated carbocycles. The second-order valence-corrected chi connectivity index (χ2v) is 4.91. The van der Waals surface area contributed by atoms with Gasteiger partial charge in [-0.1, -0.05) is 13.8 Å². The second-order valence-electron chi connectivity index (χ2n) is 4.91. The van der Waals surface area contributed by atoms with Crippen molar-refractivity contribution in [3.63, 3.8) is 0 Å². The average Bonchev–Trinajstić information content (AvgIpc) is 2.28. The molecule has 3 radical (unpaired) electrons. The van der Waals surface area contributed by atoms with E-state index in [0.29, 0.717) is 12.8 Å². The molecule has 0 aromatic carbocycles. The highest BCUT2D eigenvalue weighted by Gasteiger charge is 2.19. The summed E-state index contributed by atoms with van der Waals surface area (Å²) in [6, 6.07) is 0. The highest BCUT2D eigenvalue weighted by molar-refractivity contribution is 5.97. The molecule has 2 atom stereocenters. The van der Waals surface area contributed by atoms with Gasteiger partial charge >= 0.3 is 11.9 Å². The largest absolute Gasteiger partial charge is 0.481 e. The second kappa shape index (κ2) is 17.1. The van der Waals surface area contributed by atoms with Crippen LogP contribution in [0.4, 0.5) is 0 Å². The summed E-state index contributed by atoms with van der Waals surface area (Å²) in [5.41, 5.74) is 0. The first-order valence-corrected chi connectivity index (χ1v) is 7.06. The number of hydrogen-bond donors (Lipinski definition) is 3. The Balaban J connectivity index is -0.000000124. The molecule has 0 rings (SSSR count). The predicted molar refractivity (Wildman–Crippen MR) is 87.3 cm³/mol. The lowest BCUT2D eigenvalue weighted by atomic mass is 10.0. The van der Waals surface area contributed by atoms with E-state index >= 15 is 0 Å². The quantitative estimate of drug-likeness (QED) is 0.489. The van der Waals surface area contributed by atoms with Gasteiger partial charge in [-0.05, 0) is 40.5 Å². The number of carboxylic acid groups (broad SMARTS) is 2.